The molecule has 4 rings (SSSR count). The molecule has 1 amide bonds. The highest BCUT2D eigenvalue weighted by Crippen LogP contribution is 2.32. The van der Waals surface area contributed by atoms with Gasteiger partial charge in [0, 0.05) is 40.7 Å². The molecular weight excluding hydrogens is 376 g/mol. The van der Waals surface area contributed by atoms with E-state index in [0.717, 1.165) is 22.2 Å². The van der Waals surface area contributed by atoms with Crippen LogP contribution in [0.5, 0.6) is 5.75 Å². The van der Waals surface area contributed by atoms with E-state index in [9.17, 15) is 4.79 Å². The van der Waals surface area contributed by atoms with Crippen molar-refractivity contribution in [3.8, 4) is 17.0 Å². The number of hydrogen-bond donors (Lipinski definition) is 0. The molecule has 0 radical (unpaired) electrons. The number of morpholine rings is 1. The first-order valence-electron chi connectivity index (χ1n) is 9.36. The molecule has 0 atom stereocenters. The molecule has 6 heteroatoms. The first-order valence-corrected chi connectivity index (χ1v) is 9.74. The number of halogens is 1. The van der Waals surface area contributed by atoms with Crippen LogP contribution in [-0.2, 0) is 4.74 Å². The maximum atomic E-state index is 12.8. The molecule has 2 heterocycles. The van der Waals surface area contributed by atoms with E-state index in [0.29, 0.717) is 49.2 Å². The molecule has 3 aromatic rings. The monoisotopic (exact) mass is 396 g/mol. The number of carbonyl (C=O) groups excluding carboxylic acids is 1. The van der Waals surface area contributed by atoms with E-state index in [1.54, 1.807) is 0 Å². The summed E-state index contributed by atoms with van der Waals surface area (Å²) in [7, 11) is 0. The van der Waals surface area contributed by atoms with E-state index in [-0.39, 0.29) is 5.91 Å². The van der Waals surface area contributed by atoms with Gasteiger partial charge in [-0.05, 0) is 37.3 Å². The highest BCUT2D eigenvalue weighted by molar-refractivity contribution is 6.30. The summed E-state index contributed by atoms with van der Waals surface area (Å²) in [5.41, 5.74) is 3.11. The fraction of sp³-hybridized carbons (Fsp3) is 0.273. The lowest BCUT2D eigenvalue weighted by molar-refractivity contribution is 0.0303. The van der Waals surface area contributed by atoms with Gasteiger partial charge in [-0.15, -0.1) is 0 Å². The molecule has 144 valence electrons. The number of rotatable bonds is 4. The van der Waals surface area contributed by atoms with Crippen molar-refractivity contribution in [2.24, 2.45) is 0 Å². The summed E-state index contributed by atoms with van der Waals surface area (Å²) in [6.07, 6.45) is 0. The van der Waals surface area contributed by atoms with Gasteiger partial charge in [-0.25, -0.2) is 4.98 Å². The first kappa shape index (κ1) is 18.7. The number of aromatic nitrogens is 1. The molecule has 1 aliphatic rings. The Morgan fingerprint density at radius 1 is 1.18 bits per heavy atom. The van der Waals surface area contributed by atoms with E-state index in [1.807, 2.05) is 60.4 Å². The minimum atomic E-state index is 0.00608. The van der Waals surface area contributed by atoms with Gasteiger partial charge in [0.25, 0.3) is 5.91 Å². The van der Waals surface area contributed by atoms with E-state index in [4.69, 9.17) is 26.1 Å². The fourth-order valence-electron chi connectivity index (χ4n) is 3.35. The quantitative estimate of drug-likeness (QED) is 0.654. The number of amides is 1. The number of hydrogen-bond acceptors (Lipinski definition) is 4. The third-order valence-corrected chi connectivity index (χ3v) is 4.97. The van der Waals surface area contributed by atoms with Crippen LogP contribution in [0.25, 0.3) is 22.2 Å². The predicted octanol–water partition coefficient (Wildman–Crippen LogP) is 4.43. The molecule has 1 aromatic heterocycles. The van der Waals surface area contributed by atoms with Crippen LogP contribution in [-0.4, -0.2) is 48.7 Å². The van der Waals surface area contributed by atoms with Gasteiger partial charge in [0.1, 0.15) is 5.75 Å². The summed E-state index contributed by atoms with van der Waals surface area (Å²) < 4.78 is 11.2. The van der Waals surface area contributed by atoms with Crippen molar-refractivity contribution < 1.29 is 14.3 Å². The third-order valence-electron chi connectivity index (χ3n) is 4.74. The molecular formula is C22H21ClN2O3. The van der Waals surface area contributed by atoms with Gasteiger partial charge in [0.2, 0.25) is 0 Å². The lowest BCUT2D eigenvalue weighted by atomic mass is 10.1. The van der Waals surface area contributed by atoms with Crippen molar-refractivity contribution in [1.82, 2.24) is 9.88 Å². The number of fused-ring (bicyclic) bond motifs is 1. The lowest BCUT2D eigenvalue weighted by Gasteiger charge is -2.27. The Morgan fingerprint density at radius 2 is 2.00 bits per heavy atom. The molecule has 0 aliphatic carbocycles. The van der Waals surface area contributed by atoms with Crippen LogP contribution < -0.4 is 4.74 Å². The van der Waals surface area contributed by atoms with E-state index in [2.05, 4.69) is 0 Å². The Hall–Kier alpha value is -2.63. The number of benzene rings is 2. The Labute approximate surface area is 168 Å². The molecule has 2 aromatic carbocycles. The van der Waals surface area contributed by atoms with Gasteiger partial charge >= 0.3 is 0 Å². The van der Waals surface area contributed by atoms with Crippen molar-refractivity contribution in [2.45, 2.75) is 6.92 Å². The fourth-order valence-corrected chi connectivity index (χ4v) is 3.54. The van der Waals surface area contributed by atoms with Crippen molar-refractivity contribution in [3.05, 3.63) is 59.1 Å². The van der Waals surface area contributed by atoms with Crippen LogP contribution in [0.4, 0.5) is 0 Å². The Bertz CT molecular complexity index is 1020. The summed E-state index contributed by atoms with van der Waals surface area (Å²) in [5, 5.41) is 1.48. The number of ether oxygens (including phenoxy) is 2. The third kappa shape index (κ3) is 3.81. The number of pyridine rings is 1. The van der Waals surface area contributed by atoms with Gasteiger partial charge < -0.3 is 14.4 Å². The van der Waals surface area contributed by atoms with Crippen molar-refractivity contribution >= 4 is 28.4 Å². The average molecular weight is 397 g/mol. The summed E-state index contributed by atoms with van der Waals surface area (Å²) in [5.74, 6) is 0.714. The minimum Gasteiger partial charge on any atom is -0.493 e. The molecule has 0 spiro atoms. The normalized spacial score (nSPS) is 14.3. The first-order chi connectivity index (χ1) is 13.7. The zero-order chi connectivity index (χ0) is 19.5. The summed E-state index contributed by atoms with van der Waals surface area (Å²) in [6.45, 7) is 4.84. The average Bonchev–Trinajstić information content (AvgIpc) is 2.73. The standard InChI is InChI=1S/C22H21ClN2O3/c1-2-28-21-14-20(15-4-3-5-17(23)12-15)24-19-7-6-16(13-18(19)21)22(26)25-8-10-27-11-9-25/h3-7,12-14H,2,8-11H2,1H3. The summed E-state index contributed by atoms with van der Waals surface area (Å²) >= 11 is 6.13. The van der Waals surface area contributed by atoms with Crippen LogP contribution >= 0.6 is 11.6 Å². The van der Waals surface area contributed by atoms with Crippen LogP contribution in [0.1, 0.15) is 17.3 Å². The molecule has 0 bridgehead atoms. The molecule has 0 unspecified atom stereocenters. The summed E-state index contributed by atoms with van der Waals surface area (Å²) in [4.78, 5) is 19.4. The highest BCUT2D eigenvalue weighted by atomic mass is 35.5. The second kappa shape index (κ2) is 8.17. The molecule has 5 nitrogen and oxygen atoms in total. The maximum absolute atomic E-state index is 12.8. The topological polar surface area (TPSA) is 51.7 Å². The summed E-state index contributed by atoms with van der Waals surface area (Å²) in [6, 6.07) is 15.0. The molecule has 0 N–H and O–H groups in total. The van der Waals surface area contributed by atoms with Gasteiger partial charge in [-0.2, -0.15) is 0 Å². The Kier molecular flexibility index (Phi) is 5.46. The molecule has 28 heavy (non-hydrogen) atoms. The molecule has 1 saturated heterocycles. The van der Waals surface area contributed by atoms with Gasteiger partial charge in [-0.3, -0.25) is 4.79 Å². The smallest absolute Gasteiger partial charge is 0.254 e. The second-order valence-corrected chi connectivity index (χ2v) is 7.02. The van der Waals surface area contributed by atoms with Crippen molar-refractivity contribution in [1.29, 1.82) is 0 Å². The zero-order valence-corrected chi connectivity index (χ0v) is 16.4. The minimum absolute atomic E-state index is 0.00608. The Balaban J connectivity index is 1.76. The van der Waals surface area contributed by atoms with E-state index < -0.39 is 0 Å². The number of carbonyl (C=O) groups is 1. The second-order valence-electron chi connectivity index (χ2n) is 6.59. The van der Waals surface area contributed by atoms with Gasteiger partial charge in [-0.1, -0.05) is 23.7 Å². The van der Waals surface area contributed by atoms with Gasteiger partial charge in [0.15, 0.2) is 0 Å². The lowest BCUT2D eigenvalue weighted by Crippen LogP contribution is -2.40. The van der Waals surface area contributed by atoms with E-state index >= 15 is 0 Å². The molecule has 1 aliphatic heterocycles. The van der Waals surface area contributed by atoms with Crippen LogP contribution in [0.15, 0.2) is 48.5 Å². The Morgan fingerprint density at radius 3 is 2.75 bits per heavy atom. The number of nitrogens with zero attached hydrogens (tertiary/aromatic N) is 2. The molecule has 0 saturated carbocycles. The maximum Gasteiger partial charge on any atom is 0.254 e. The van der Waals surface area contributed by atoms with Gasteiger partial charge in [0.05, 0.1) is 31.0 Å². The van der Waals surface area contributed by atoms with Crippen molar-refractivity contribution in [3.63, 3.8) is 0 Å². The van der Waals surface area contributed by atoms with Crippen LogP contribution in [0, 0.1) is 0 Å². The predicted molar refractivity (Wildman–Crippen MR) is 110 cm³/mol. The SMILES string of the molecule is CCOc1cc(-c2cccc(Cl)c2)nc2ccc(C(=O)N3CCOCC3)cc12. The molecule has 1 fully saturated rings. The van der Waals surface area contributed by atoms with E-state index in [1.165, 1.54) is 0 Å². The zero-order valence-electron chi connectivity index (χ0n) is 15.7. The highest BCUT2D eigenvalue weighted by Gasteiger charge is 2.20. The largest absolute Gasteiger partial charge is 0.493 e. The van der Waals surface area contributed by atoms with Crippen molar-refractivity contribution in [2.75, 3.05) is 32.9 Å². The van der Waals surface area contributed by atoms with Crippen LogP contribution in [0.2, 0.25) is 5.02 Å². The van der Waals surface area contributed by atoms with Crippen LogP contribution in [0.3, 0.4) is 0 Å².